The summed E-state index contributed by atoms with van der Waals surface area (Å²) in [4.78, 5) is 30.0. The number of carbonyl (C=O) groups excluding carboxylic acids is 2. The van der Waals surface area contributed by atoms with E-state index in [1.54, 1.807) is 68.4 Å². The molecule has 8 nitrogen and oxygen atoms in total. The lowest BCUT2D eigenvalue weighted by Crippen LogP contribution is -2.52. The third-order valence-corrected chi connectivity index (χ3v) is 10.8. The molecule has 1 N–H and O–H groups in total. The van der Waals surface area contributed by atoms with Crippen LogP contribution in [0, 0.1) is 0 Å². The second kappa shape index (κ2) is 15.4. The fraction of sp³-hybridized carbons (Fsp3) is 0.375. The molecule has 12 heteroatoms. The van der Waals surface area contributed by atoms with Crippen molar-refractivity contribution in [3.8, 4) is 5.75 Å². The Kier molecular flexibility index (Phi) is 11.9. The Labute approximate surface area is 274 Å². The summed E-state index contributed by atoms with van der Waals surface area (Å²) < 4.78 is 35.2. The number of halogens is 2. The Morgan fingerprint density at radius 2 is 1.70 bits per heavy atom. The van der Waals surface area contributed by atoms with Gasteiger partial charge in [-0.15, -0.1) is 11.8 Å². The van der Waals surface area contributed by atoms with Gasteiger partial charge >= 0.3 is 0 Å². The molecule has 0 bridgehead atoms. The van der Waals surface area contributed by atoms with E-state index >= 15 is 0 Å². The molecule has 1 saturated carbocycles. The summed E-state index contributed by atoms with van der Waals surface area (Å²) in [5.74, 6) is -0.557. The monoisotopic (exact) mass is 677 g/mol. The first-order valence-electron chi connectivity index (χ1n) is 14.5. The van der Waals surface area contributed by atoms with Gasteiger partial charge in [0, 0.05) is 17.5 Å². The van der Waals surface area contributed by atoms with Crippen molar-refractivity contribution in [3.05, 3.63) is 82.3 Å². The maximum absolute atomic E-state index is 14.3. The van der Waals surface area contributed by atoms with Gasteiger partial charge in [-0.05, 0) is 87.0 Å². The van der Waals surface area contributed by atoms with Gasteiger partial charge in [-0.2, -0.15) is 0 Å². The fourth-order valence-electron chi connectivity index (χ4n) is 5.14. The van der Waals surface area contributed by atoms with Crippen LogP contribution in [-0.4, -0.2) is 56.6 Å². The summed E-state index contributed by atoms with van der Waals surface area (Å²) in [5.41, 5.74) is 0.860. The van der Waals surface area contributed by atoms with Gasteiger partial charge in [0.05, 0.1) is 27.2 Å². The molecule has 236 valence electrons. The standard InChI is InChI=1S/C32H37Cl2N3O5S2/c1-4-42-30-12-8-7-11-29(30)37(44(40,41)26-16-14-25(43-3)15-17-26)21-31(38)36(20-23-13-18-27(33)28(34)19-23)22(2)32(39)35-24-9-5-6-10-24/h7-8,11-19,22,24H,4-6,9-10,20-21H2,1-3H3,(H,35,39). The van der Waals surface area contributed by atoms with Crippen molar-refractivity contribution in [3.63, 3.8) is 0 Å². The quantitative estimate of drug-likeness (QED) is 0.200. The molecule has 0 saturated heterocycles. The number of amides is 2. The molecule has 44 heavy (non-hydrogen) atoms. The molecular weight excluding hydrogens is 641 g/mol. The molecular formula is C32H37Cl2N3O5S2. The summed E-state index contributed by atoms with van der Waals surface area (Å²) in [6.45, 7) is 3.18. The number of nitrogens with one attached hydrogen (secondary N) is 1. The van der Waals surface area contributed by atoms with Crippen molar-refractivity contribution < 1.29 is 22.7 Å². The second-order valence-corrected chi connectivity index (χ2v) is 14.1. The van der Waals surface area contributed by atoms with E-state index < -0.39 is 28.5 Å². The summed E-state index contributed by atoms with van der Waals surface area (Å²) in [7, 11) is -4.24. The van der Waals surface area contributed by atoms with Crippen LogP contribution in [-0.2, 0) is 26.2 Å². The normalized spacial score (nSPS) is 14.2. The predicted molar refractivity (Wildman–Crippen MR) is 177 cm³/mol. The number of carbonyl (C=O) groups is 2. The average Bonchev–Trinajstić information content (AvgIpc) is 3.53. The summed E-state index contributed by atoms with van der Waals surface area (Å²) in [6, 6.07) is 17.3. The minimum absolute atomic E-state index is 0.0123. The van der Waals surface area contributed by atoms with E-state index in [1.807, 2.05) is 6.26 Å². The number of thioether (sulfide) groups is 1. The first kappa shape index (κ1) is 34.0. The molecule has 1 atom stereocenters. The van der Waals surface area contributed by atoms with E-state index in [-0.39, 0.29) is 29.1 Å². The van der Waals surface area contributed by atoms with Gasteiger partial charge in [-0.3, -0.25) is 13.9 Å². The zero-order valence-electron chi connectivity index (χ0n) is 25.0. The molecule has 2 amide bonds. The molecule has 4 rings (SSSR count). The Balaban J connectivity index is 1.74. The predicted octanol–water partition coefficient (Wildman–Crippen LogP) is 6.79. The molecule has 0 aliphatic heterocycles. The highest BCUT2D eigenvalue weighted by atomic mass is 35.5. The van der Waals surface area contributed by atoms with E-state index in [4.69, 9.17) is 27.9 Å². The largest absolute Gasteiger partial charge is 0.492 e. The lowest BCUT2D eigenvalue weighted by Gasteiger charge is -2.33. The molecule has 0 aromatic heterocycles. The number of sulfonamides is 1. The molecule has 3 aromatic carbocycles. The van der Waals surface area contributed by atoms with Crippen molar-refractivity contribution in [2.24, 2.45) is 0 Å². The zero-order valence-corrected chi connectivity index (χ0v) is 28.1. The summed E-state index contributed by atoms with van der Waals surface area (Å²) in [5, 5.41) is 3.73. The minimum Gasteiger partial charge on any atom is -0.492 e. The fourth-order valence-corrected chi connectivity index (χ4v) is 7.29. The number of ether oxygens (including phenoxy) is 1. The van der Waals surface area contributed by atoms with E-state index in [0.29, 0.717) is 28.0 Å². The Morgan fingerprint density at radius 1 is 1.02 bits per heavy atom. The minimum atomic E-state index is -4.24. The number of benzene rings is 3. The highest BCUT2D eigenvalue weighted by Crippen LogP contribution is 2.33. The van der Waals surface area contributed by atoms with Gasteiger partial charge in [0.2, 0.25) is 11.8 Å². The SMILES string of the molecule is CCOc1ccccc1N(CC(=O)N(Cc1ccc(Cl)c(Cl)c1)C(C)C(=O)NC1CCCC1)S(=O)(=O)c1ccc(SC)cc1. The third-order valence-electron chi connectivity index (χ3n) is 7.57. The Morgan fingerprint density at radius 3 is 2.34 bits per heavy atom. The van der Waals surface area contributed by atoms with Crippen LogP contribution < -0.4 is 14.4 Å². The highest BCUT2D eigenvalue weighted by Gasteiger charge is 2.34. The topological polar surface area (TPSA) is 96.0 Å². The number of rotatable bonds is 13. The number of hydrogen-bond donors (Lipinski definition) is 1. The van der Waals surface area contributed by atoms with Gasteiger partial charge in [0.15, 0.2) is 0 Å². The van der Waals surface area contributed by atoms with Crippen LogP contribution in [0.2, 0.25) is 10.0 Å². The highest BCUT2D eigenvalue weighted by molar-refractivity contribution is 7.98. The van der Waals surface area contributed by atoms with Gasteiger partial charge in [-0.25, -0.2) is 8.42 Å². The molecule has 1 unspecified atom stereocenters. The van der Waals surface area contributed by atoms with Crippen molar-refractivity contribution in [1.82, 2.24) is 10.2 Å². The van der Waals surface area contributed by atoms with Gasteiger partial charge in [-0.1, -0.05) is 54.2 Å². The maximum atomic E-state index is 14.3. The van der Waals surface area contributed by atoms with Crippen molar-refractivity contribution in [2.45, 2.75) is 68.0 Å². The molecule has 3 aromatic rings. The number of anilines is 1. The van der Waals surface area contributed by atoms with Crippen molar-refractivity contribution in [1.29, 1.82) is 0 Å². The van der Waals surface area contributed by atoms with Crippen LogP contribution in [0.1, 0.15) is 45.1 Å². The van der Waals surface area contributed by atoms with Crippen molar-refractivity contribution in [2.75, 3.05) is 23.7 Å². The number of nitrogens with zero attached hydrogens (tertiary/aromatic N) is 2. The molecule has 1 aliphatic rings. The van der Waals surface area contributed by atoms with E-state index in [9.17, 15) is 18.0 Å². The molecule has 0 radical (unpaired) electrons. The van der Waals surface area contributed by atoms with Crippen LogP contribution in [0.25, 0.3) is 0 Å². The average molecular weight is 679 g/mol. The van der Waals surface area contributed by atoms with Gasteiger partial charge in [0.1, 0.15) is 18.3 Å². The van der Waals surface area contributed by atoms with Crippen LogP contribution >= 0.6 is 35.0 Å². The molecule has 0 spiro atoms. The second-order valence-electron chi connectivity index (χ2n) is 10.5. The van der Waals surface area contributed by atoms with Crippen LogP contribution in [0.4, 0.5) is 5.69 Å². The smallest absolute Gasteiger partial charge is 0.264 e. The van der Waals surface area contributed by atoms with Gasteiger partial charge < -0.3 is 15.0 Å². The van der Waals surface area contributed by atoms with Crippen LogP contribution in [0.15, 0.2) is 76.5 Å². The molecule has 0 heterocycles. The summed E-state index contributed by atoms with van der Waals surface area (Å²) >= 11 is 13.9. The molecule has 1 aliphatic carbocycles. The van der Waals surface area contributed by atoms with Crippen LogP contribution in [0.3, 0.4) is 0 Å². The lowest BCUT2D eigenvalue weighted by atomic mass is 10.1. The Hall–Kier alpha value is -2.92. The molecule has 1 fully saturated rings. The van der Waals surface area contributed by atoms with E-state index in [2.05, 4.69) is 5.32 Å². The third kappa shape index (κ3) is 8.21. The van der Waals surface area contributed by atoms with Gasteiger partial charge in [0.25, 0.3) is 10.0 Å². The number of para-hydroxylation sites is 2. The number of hydrogen-bond acceptors (Lipinski definition) is 6. The summed E-state index contributed by atoms with van der Waals surface area (Å²) in [6.07, 6.45) is 5.74. The first-order chi connectivity index (χ1) is 21.0. The van der Waals surface area contributed by atoms with Crippen LogP contribution in [0.5, 0.6) is 5.75 Å². The van der Waals surface area contributed by atoms with E-state index in [1.165, 1.54) is 28.8 Å². The van der Waals surface area contributed by atoms with E-state index in [0.717, 1.165) is 34.9 Å². The Bertz CT molecular complexity index is 1560. The van der Waals surface area contributed by atoms with Crippen molar-refractivity contribution >= 4 is 62.5 Å². The first-order valence-corrected chi connectivity index (χ1v) is 17.9. The lowest BCUT2D eigenvalue weighted by molar-refractivity contribution is -0.139. The maximum Gasteiger partial charge on any atom is 0.264 e. The zero-order chi connectivity index (χ0) is 31.9.